The molecule has 1 N–H and O–H groups in total. The van der Waals surface area contributed by atoms with E-state index in [4.69, 9.17) is 9.47 Å². The Balaban J connectivity index is 1.92. The lowest BCUT2D eigenvalue weighted by atomic mass is 9.87. The van der Waals surface area contributed by atoms with Crippen molar-refractivity contribution >= 4 is 16.8 Å². The van der Waals surface area contributed by atoms with Crippen LogP contribution in [0.3, 0.4) is 0 Å². The van der Waals surface area contributed by atoms with Crippen molar-refractivity contribution in [3.05, 3.63) is 59.8 Å². The zero-order valence-corrected chi connectivity index (χ0v) is 19.1. The van der Waals surface area contributed by atoms with Crippen molar-refractivity contribution in [3.8, 4) is 11.5 Å². The van der Waals surface area contributed by atoms with Crippen molar-refractivity contribution in [1.82, 2.24) is 9.88 Å². The number of para-hydroxylation sites is 1. The lowest BCUT2D eigenvalue weighted by Crippen LogP contribution is -2.26. The molecule has 3 aromatic rings. The van der Waals surface area contributed by atoms with Gasteiger partial charge in [0.15, 0.2) is 11.5 Å². The molecule has 0 aliphatic carbocycles. The van der Waals surface area contributed by atoms with Gasteiger partial charge in [0, 0.05) is 43.0 Å². The summed E-state index contributed by atoms with van der Waals surface area (Å²) in [6, 6.07) is 14.3. The number of nitrogens with one attached hydrogen (secondary N) is 1. The van der Waals surface area contributed by atoms with Gasteiger partial charge in [-0.05, 0) is 35.7 Å². The van der Waals surface area contributed by atoms with E-state index < -0.39 is 0 Å². The standard InChI is InChI=1S/C26H34N2O3/c1-5-6-7-10-15-27-26(29)17-21(19-13-14-24(30-3)25(16-19)31-4)22-18-28(2)23-12-9-8-11-20(22)23/h8-9,11-14,16,18,21H,5-7,10,15,17H2,1-4H3,(H,27,29)/t21-/m1/s1. The first-order chi connectivity index (χ1) is 15.1. The normalized spacial score (nSPS) is 12.0. The van der Waals surface area contributed by atoms with E-state index in [2.05, 4.69) is 35.1 Å². The maximum absolute atomic E-state index is 12.9. The molecule has 0 saturated carbocycles. The summed E-state index contributed by atoms with van der Waals surface area (Å²) in [6.07, 6.45) is 7.10. The SMILES string of the molecule is CCCCCCNC(=O)C[C@H](c1ccc(OC)c(OC)c1)c1cn(C)c2ccccc12. The molecule has 5 heteroatoms. The molecule has 0 unspecified atom stereocenters. The smallest absolute Gasteiger partial charge is 0.220 e. The number of unbranched alkanes of at least 4 members (excludes halogenated alkanes) is 3. The van der Waals surface area contributed by atoms with Crippen molar-refractivity contribution in [2.24, 2.45) is 7.05 Å². The molecule has 0 fully saturated rings. The fraction of sp³-hybridized carbons (Fsp3) is 0.423. The molecule has 5 nitrogen and oxygen atoms in total. The molecule has 0 spiro atoms. The third kappa shape index (κ3) is 5.40. The molecule has 1 aromatic heterocycles. The molecule has 1 heterocycles. The quantitative estimate of drug-likeness (QED) is 0.420. The Kier molecular flexibility index (Phi) is 7.99. The van der Waals surface area contributed by atoms with Gasteiger partial charge in [-0.1, -0.05) is 50.5 Å². The highest BCUT2D eigenvalue weighted by Gasteiger charge is 2.23. The second kappa shape index (κ2) is 10.9. The van der Waals surface area contributed by atoms with E-state index in [9.17, 15) is 4.79 Å². The van der Waals surface area contributed by atoms with Crippen molar-refractivity contribution in [3.63, 3.8) is 0 Å². The second-order valence-corrected chi connectivity index (χ2v) is 7.99. The topological polar surface area (TPSA) is 52.5 Å². The number of methoxy groups -OCH3 is 2. The van der Waals surface area contributed by atoms with Gasteiger partial charge in [-0.3, -0.25) is 4.79 Å². The minimum absolute atomic E-state index is 0.0733. The van der Waals surface area contributed by atoms with Crippen molar-refractivity contribution in [2.45, 2.75) is 44.9 Å². The second-order valence-electron chi connectivity index (χ2n) is 7.99. The fourth-order valence-corrected chi connectivity index (χ4v) is 4.16. The van der Waals surface area contributed by atoms with Crippen molar-refractivity contribution < 1.29 is 14.3 Å². The Hall–Kier alpha value is -2.95. The van der Waals surface area contributed by atoms with Crippen LogP contribution in [0.4, 0.5) is 0 Å². The van der Waals surface area contributed by atoms with Gasteiger partial charge in [0.1, 0.15) is 0 Å². The minimum atomic E-state index is -0.0819. The molecular weight excluding hydrogens is 388 g/mol. The van der Waals surface area contributed by atoms with Gasteiger partial charge in [-0.25, -0.2) is 0 Å². The van der Waals surface area contributed by atoms with Gasteiger partial charge in [-0.2, -0.15) is 0 Å². The molecule has 0 aliphatic rings. The molecule has 31 heavy (non-hydrogen) atoms. The highest BCUT2D eigenvalue weighted by molar-refractivity contribution is 5.86. The van der Waals surface area contributed by atoms with Crippen LogP contribution < -0.4 is 14.8 Å². The molecule has 3 rings (SSSR count). The van der Waals surface area contributed by atoms with E-state index in [1.807, 2.05) is 37.4 Å². The minimum Gasteiger partial charge on any atom is -0.493 e. The number of hydrogen-bond acceptors (Lipinski definition) is 3. The molecule has 0 aliphatic heterocycles. The Labute approximate surface area is 185 Å². The zero-order valence-electron chi connectivity index (χ0n) is 19.1. The Morgan fingerprint density at radius 1 is 1.03 bits per heavy atom. The monoisotopic (exact) mass is 422 g/mol. The first-order valence-corrected chi connectivity index (χ1v) is 11.1. The summed E-state index contributed by atoms with van der Waals surface area (Å²) < 4.78 is 13.1. The predicted molar refractivity (Wildman–Crippen MR) is 126 cm³/mol. The van der Waals surface area contributed by atoms with Crippen LogP contribution in [0.2, 0.25) is 0 Å². The number of aromatic nitrogens is 1. The number of rotatable bonds is 11. The third-order valence-corrected chi connectivity index (χ3v) is 5.86. The Morgan fingerprint density at radius 2 is 1.81 bits per heavy atom. The largest absolute Gasteiger partial charge is 0.493 e. The summed E-state index contributed by atoms with van der Waals surface area (Å²) in [5.74, 6) is 1.35. The third-order valence-electron chi connectivity index (χ3n) is 5.86. The number of nitrogens with zero attached hydrogens (tertiary/aromatic N) is 1. The first-order valence-electron chi connectivity index (χ1n) is 11.1. The van der Waals surface area contributed by atoms with Gasteiger partial charge < -0.3 is 19.4 Å². The van der Waals surface area contributed by atoms with Crippen LogP contribution in [0, 0.1) is 0 Å². The summed E-state index contributed by atoms with van der Waals surface area (Å²) in [5, 5.41) is 4.28. The van der Waals surface area contributed by atoms with E-state index in [0.29, 0.717) is 17.9 Å². The van der Waals surface area contributed by atoms with Crippen LogP contribution in [0.5, 0.6) is 11.5 Å². The van der Waals surface area contributed by atoms with Crippen LogP contribution in [0.15, 0.2) is 48.7 Å². The summed E-state index contributed by atoms with van der Waals surface area (Å²) in [4.78, 5) is 12.9. The number of carbonyl (C=O) groups is 1. The van der Waals surface area contributed by atoms with Gasteiger partial charge in [-0.15, -0.1) is 0 Å². The molecule has 0 bridgehead atoms. The van der Waals surface area contributed by atoms with Gasteiger partial charge in [0.25, 0.3) is 0 Å². The highest BCUT2D eigenvalue weighted by atomic mass is 16.5. The van der Waals surface area contributed by atoms with Gasteiger partial charge in [0.05, 0.1) is 14.2 Å². The first kappa shape index (κ1) is 22.7. The Morgan fingerprint density at radius 3 is 2.55 bits per heavy atom. The maximum atomic E-state index is 12.9. The maximum Gasteiger partial charge on any atom is 0.220 e. The predicted octanol–water partition coefficient (Wildman–Crippen LogP) is 5.41. The lowest BCUT2D eigenvalue weighted by molar-refractivity contribution is -0.121. The van der Waals surface area contributed by atoms with Crippen LogP contribution in [0.1, 0.15) is 56.1 Å². The highest BCUT2D eigenvalue weighted by Crippen LogP contribution is 2.38. The molecule has 0 radical (unpaired) electrons. The number of fused-ring (bicyclic) bond motifs is 1. The fourth-order valence-electron chi connectivity index (χ4n) is 4.16. The number of benzene rings is 2. The van der Waals surface area contributed by atoms with Crippen LogP contribution >= 0.6 is 0 Å². The van der Waals surface area contributed by atoms with Crippen LogP contribution in [0.25, 0.3) is 10.9 Å². The van der Waals surface area contributed by atoms with Crippen LogP contribution in [-0.2, 0) is 11.8 Å². The number of aryl methyl sites for hydroxylation is 1. The van der Waals surface area contributed by atoms with Crippen molar-refractivity contribution in [1.29, 1.82) is 0 Å². The van der Waals surface area contributed by atoms with E-state index in [0.717, 1.165) is 36.0 Å². The molecule has 1 amide bonds. The molecule has 166 valence electrons. The Bertz CT molecular complexity index is 1010. The summed E-state index contributed by atoms with van der Waals surface area (Å²) >= 11 is 0. The summed E-state index contributed by atoms with van der Waals surface area (Å²) in [5.41, 5.74) is 3.34. The summed E-state index contributed by atoms with van der Waals surface area (Å²) in [7, 11) is 5.31. The van der Waals surface area contributed by atoms with E-state index in [1.54, 1.807) is 14.2 Å². The average molecular weight is 423 g/mol. The van der Waals surface area contributed by atoms with E-state index in [-0.39, 0.29) is 11.8 Å². The number of amides is 1. The molecule has 0 saturated heterocycles. The number of carbonyl (C=O) groups excluding carboxylic acids is 1. The van der Waals surface area contributed by atoms with Crippen LogP contribution in [-0.4, -0.2) is 31.2 Å². The van der Waals surface area contributed by atoms with Crippen molar-refractivity contribution in [2.75, 3.05) is 20.8 Å². The average Bonchev–Trinajstić information content (AvgIpc) is 3.13. The van der Waals surface area contributed by atoms with Gasteiger partial charge >= 0.3 is 0 Å². The zero-order chi connectivity index (χ0) is 22.2. The molecule has 2 aromatic carbocycles. The van der Waals surface area contributed by atoms with E-state index >= 15 is 0 Å². The summed E-state index contributed by atoms with van der Waals surface area (Å²) in [6.45, 7) is 2.92. The van der Waals surface area contributed by atoms with E-state index in [1.165, 1.54) is 18.2 Å². The molecule has 1 atom stereocenters. The number of ether oxygens (including phenoxy) is 2. The lowest BCUT2D eigenvalue weighted by Gasteiger charge is -2.19. The molecular formula is C26H34N2O3. The number of hydrogen-bond donors (Lipinski definition) is 1. The van der Waals surface area contributed by atoms with Gasteiger partial charge in [0.2, 0.25) is 5.91 Å².